The minimum atomic E-state index is -0.193. The molecule has 0 saturated heterocycles. The molecule has 84 valence electrons. The van der Waals surface area contributed by atoms with E-state index < -0.39 is 0 Å². The summed E-state index contributed by atoms with van der Waals surface area (Å²) < 4.78 is 9.10. The van der Waals surface area contributed by atoms with Gasteiger partial charge in [0.25, 0.3) is 0 Å². The lowest BCUT2D eigenvalue weighted by Gasteiger charge is -1.93. The van der Waals surface area contributed by atoms with Crippen LogP contribution in [0.4, 0.5) is 0 Å². The largest absolute Gasteiger partial charge is 0.466 e. The van der Waals surface area contributed by atoms with E-state index in [1.807, 2.05) is 6.92 Å². The Labute approximate surface area is 85.6 Å². The van der Waals surface area contributed by atoms with Crippen LogP contribution >= 0.6 is 0 Å². The van der Waals surface area contributed by atoms with E-state index in [4.69, 9.17) is 0 Å². The Balaban J connectivity index is 0. The number of rotatable bonds is 4. The maximum Gasteiger partial charge on any atom is 0.305 e. The fraction of sp³-hybridized carbons (Fsp3) is 0.800. The Morgan fingerprint density at radius 2 is 1.64 bits per heavy atom. The number of ether oxygens (including phenoxy) is 2. The quantitative estimate of drug-likeness (QED) is 0.656. The minimum absolute atomic E-state index is 0.123. The summed E-state index contributed by atoms with van der Waals surface area (Å²) in [5, 5.41) is 0. The molecule has 0 unspecified atom stereocenters. The topological polar surface area (TPSA) is 52.6 Å². The third-order valence-corrected chi connectivity index (χ3v) is 1.10. The summed E-state index contributed by atoms with van der Waals surface area (Å²) >= 11 is 0. The number of esters is 2. The van der Waals surface area contributed by atoms with Crippen molar-refractivity contribution in [2.24, 2.45) is 0 Å². The number of carbonyl (C=O) groups excluding carboxylic acids is 2. The van der Waals surface area contributed by atoms with E-state index in [2.05, 4.69) is 9.47 Å². The van der Waals surface area contributed by atoms with Gasteiger partial charge >= 0.3 is 11.9 Å². The van der Waals surface area contributed by atoms with Crippen molar-refractivity contribution in [2.45, 2.75) is 40.5 Å². The van der Waals surface area contributed by atoms with E-state index in [0.717, 1.165) is 6.42 Å². The molecule has 0 rings (SSSR count). The maximum atomic E-state index is 10.2. The van der Waals surface area contributed by atoms with Crippen LogP contribution in [0.25, 0.3) is 0 Å². The van der Waals surface area contributed by atoms with Gasteiger partial charge in [0.2, 0.25) is 0 Å². The van der Waals surface area contributed by atoms with Gasteiger partial charge in [-0.3, -0.25) is 9.59 Å². The first kappa shape index (κ1) is 15.4. The predicted octanol–water partition coefficient (Wildman–Crippen LogP) is 1.92. The summed E-state index contributed by atoms with van der Waals surface area (Å²) in [5.74, 6) is -0.315. The summed E-state index contributed by atoms with van der Waals surface area (Å²) in [7, 11) is 0. The van der Waals surface area contributed by atoms with Crippen molar-refractivity contribution in [3.63, 3.8) is 0 Å². The lowest BCUT2D eigenvalue weighted by Crippen LogP contribution is -2.00. The molecule has 0 atom stereocenters. The highest BCUT2D eigenvalue weighted by molar-refractivity contribution is 5.68. The van der Waals surface area contributed by atoms with Crippen LogP contribution in [0.1, 0.15) is 40.5 Å². The molecule has 4 nitrogen and oxygen atoms in total. The maximum absolute atomic E-state index is 10.2. The van der Waals surface area contributed by atoms with Gasteiger partial charge in [-0.15, -0.1) is 0 Å². The van der Waals surface area contributed by atoms with Crippen LogP contribution in [0.15, 0.2) is 0 Å². The second-order valence-corrected chi connectivity index (χ2v) is 2.50. The molecule has 0 aliphatic rings. The standard InChI is InChI=1S/2C5H10O2/c1-3-4-7-5(2)6;1-3-5(6)7-4-2/h2*3-4H2,1-2H3. The van der Waals surface area contributed by atoms with Crippen molar-refractivity contribution in [1.82, 2.24) is 0 Å². The molecule has 0 N–H and O–H groups in total. The van der Waals surface area contributed by atoms with Gasteiger partial charge < -0.3 is 9.47 Å². The van der Waals surface area contributed by atoms with E-state index in [0.29, 0.717) is 19.6 Å². The van der Waals surface area contributed by atoms with Crippen LogP contribution in [0.5, 0.6) is 0 Å². The molecule has 0 fully saturated rings. The molecule has 0 aliphatic carbocycles. The summed E-state index contributed by atoms with van der Waals surface area (Å²) in [6.45, 7) is 7.99. The molecule has 0 aromatic carbocycles. The highest BCUT2D eigenvalue weighted by Gasteiger charge is 1.91. The Morgan fingerprint density at radius 1 is 1.07 bits per heavy atom. The summed E-state index contributed by atoms with van der Waals surface area (Å²) in [6.07, 6.45) is 1.38. The lowest BCUT2D eigenvalue weighted by molar-refractivity contribution is -0.143. The van der Waals surface area contributed by atoms with E-state index in [-0.39, 0.29) is 11.9 Å². The lowest BCUT2D eigenvalue weighted by atomic mass is 10.5. The first-order chi connectivity index (χ1) is 6.58. The van der Waals surface area contributed by atoms with Gasteiger partial charge in [0.05, 0.1) is 13.2 Å². The average molecular weight is 204 g/mol. The van der Waals surface area contributed by atoms with Gasteiger partial charge in [0.1, 0.15) is 0 Å². The zero-order chi connectivity index (χ0) is 11.4. The molecular weight excluding hydrogens is 184 g/mol. The summed E-state index contributed by atoms with van der Waals surface area (Å²) in [5.41, 5.74) is 0. The predicted molar refractivity (Wildman–Crippen MR) is 53.8 cm³/mol. The highest BCUT2D eigenvalue weighted by atomic mass is 16.5. The van der Waals surface area contributed by atoms with Gasteiger partial charge in [-0.05, 0) is 13.3 Å². The van der Waals surface area contributed by atoms with E-state index >= 15 is 0 Å². The van der Waals surface area contributed by atoms with Crippen LogP contribution < -0.4 is 0 Å². The van der Waals surface area contributed by atoms with Gasteiger partial charge in [-0.1, -0.05) is 13.8 Å². The zero-order valence-electron chi connectivity index (χ0n) is 9.46. The molecule has 0 amide bonds. The van der Waals surface area contributed by atoms with Crippen LogP contribution in [0.2, 0.25) is 0 Å². The fourth-order valence-corrected chi connectivity index (χ4v) is 0.509. The van der Waals surface area contributed by atoms with Crippen LogP contribution in [-0.2, 0) is 19.1 Å². The summed E-state index contributed by atoms with van der Waals surface area (Å²) in [4.78, 5) is 20.2. The highest BCUT2D eigenvalue weighted by Crippen LogP contribution is 1.80. The van der Waals surface area contributed by atoms with Crippen molar-refractivity contribution in [1.29, 1.82) is 0 Å². The fourth-order valence-electron chi connectivity index (χ4n) is 0.509. The Bertz CT molecular complexity index is 154. The van der Waals surface area contributed by atoms with E-state index in [1.165, 1.54) is 6.92 Å². The van der Waals surface area contributed by atoms with Crippen molar-refractivity contribution in [3.8, 4) is 0 Å². The molecule has 0 radical (unpaired) electrons. The number of hydrogen-bond donors (Lipinski definition) is 0. The molecule has 0 aromatic rings. The molecule has 0 saturated carbocycles. The zero-order valence-corrected chi connectivity index (χ0v) is 9.46. The monoisotopic (exact) mass is 204 g/mol. The van der Waals surface area contributed by atoms with Gasteiger partial charge in [0.15, 0.2) is 0 Å². The minimum Gasteiger partial charge on any atom is -0.466 e. The van der Waals surface area contributed by atoms with Crippen LogP contribution in [0.3, 0.4) is 0 Å². The van der Waals surface area contributed by atoms with Crippen molar-refractivity contribution in [3.05, 3.63) is 0 Å². The first-order valence-electron chi connectivity index (χ1n) is 4.87. The van der Waals surface area contributed by atoms with Gasteiger partial charge in [-0.25, -0.2) is 0 Å². The smallest absolute Gasteiger partial charge is 0.305 e. The van der Waals surface area contributed by atoms with Crippen LogP contribution in [-0.4, -0.2) is 25.2 Å². The molecule has 0 aromatic heterocycles. The van der Waals surface area contributed by atoms with E-state index in [9.17, 15) is 9.59 Å². The molecule has 14 heavy (non-hydrogen) atoms. The third kappa shape index (κ3) is 17.1. The van der Waals surface area contributed by atoms with Crippen LogP contribution in [0, 0.1) is 0 Å². The molecular formula is C10H20O4. The Kier molecular flexibility index (Phi) is 13.1. The van der Waals surface area contributed by atoms with Gasteiger partial charge in [-0.2, -0.15) is 0 Å². The van der Waals surface area contributed by atoms with Crippen molar-refractivity contribution < 1.29 is 19.1 Å². The number of hydrogen-bond acceptors (Lipinski definition) is 4. The number of carbonyl (C=O) groups is 2. The summed E-state index contributed by atoms with van der Waals surface area (Å²) in [6, 6.07) is 0. The second kappa shape index (κ2) is 11.9. The Morgan fingerprint density at radius 3 is 1.79 bits per heavy atom. The Hall–Kier alpha value is -1.06. The van der Waals surface area contributed by atoms with Crippen molar-refractivity contribution in [2.75, 3.05) is 13.2 Å². The molecule has 0 spiro atoms. The molecule has 0 heterocycles. The van der Waals surface area contributed by atoms with Gasteiger partial charge in [0, 0.05) is 13.3 Å². The third-order valence-electron chi connectivity index (χ3n) is 1.10. The first-order valence-corrected chi connectivity index (χ1v) is 4.87. The van der Waals surface area contributed by atoms with E-state index in [1.54, 1.807) is 13.8 Å². The van der Waals surface area contributed by atoms with Crippen molar-refractivity contribution >= 4 is 11.9 Å². The SMILES string of the molecule is CCCOC(C)=O.CCOC(=O)CC. The average Bonchev–Trinajstić information content (AvgIpc) is 2.16. The molecule has 4 heteroatoms. The normalized spacial score (nSPS) is 8.29. The second-order valence-electron chi connectivity index (χ2n) is 2.50. The molecule has 0 aliphatic heterocycles. The molecule has 0 bridgehead atoms.